The maximum absolute atomic E-state index is 5.75. The van der Waals surface area contributed by atoms with Gasteiger partial charge in [0.05, 0.1) is 0 Å². The van der Waals surface area contributed by atoms with E-state index in [1.54, 1.807) is 4.68 Å². The van der Waals surface area contributed by atoms with E-state index in [-0.39, 0.29) is 0 Å². The van der Waals surface area contributed by atoms with Gasteiger partial charge in [-0.3, -0.25) is 4.68 Å². The molecule has 29 heavy (non-hydrogen) atoms. The Morgan fingerprint density at radius 3 is 2.17 bits per heavy atom. The van der Waals surface area contributed by atoms with Crippen LogP contribution in [-0.2, 0) is 7.05 Å². The topological polar surface area (TPSA) is 64.9 Å². The standard InChI is InChI=1S/C16H13N5OS.3C2H6/c1-21-10-9-13(20-21)18-16-17-12-7-8-14(19-15(12)23-16)22-11-5-3-2-4-6-11;3*1-2/h2-10H,1H3,(H,17,18,20);3*1-2H3. The van der Waals surface area contributed by atoms with Crippen molar-refractivity contribution in [3.63, 3.8) is 0 Å². The van der Waals surface area contributed by atoms with Crippen LogP contribution in [0.2, 0.25) is 0 Å². The number of hydrogen-bond donors (Lipinski definition) is 1. The van der Waals surface area contributed by atoms with Crippen LogP contribution in [0.25, 0.3) is 10.3 Å². The molecule has 4 aromatic rings. The number of benzene rings is 1. The molecule has 1 N–H and O–H groups in total. The van der Waals surface area contributed by atoms with E-state index in [4.69, 9.17) is 4.74 Å². The van der Waals surface area contributed by atoms with Crippen LogP contribution >= 0.6 is 11.3 Å². The number of aromatic nitrogens is 4. The first-order chi connectivity index (χ1) is 14.3. The summed E-state index contributed by atoms with van der Waals surface area (Å²) < 4.78 is 7.48. The molecule has 0 saturated heterocycles. The number of rotatable bonds is 4. The number of fused-ring (bicyclic) bond motifs is 1. The first kappa shape index (κ1) is 24.1. The molecule has 156 valence electrons. The third-order valence-electron chi connectivity index (χ3n) is 3.14. The van der Waals surface area contributed by atoms with Gasteiger partial charge in [-0.1, -0.05) is 71.1 Å². The number of thiazole rings is 1. The van der Waals surface area contributed by atoms with Gasteiger partial charge < -0.3 is 10.1 Å². The van der Waals surface area contributed by atoms with Crippen molar-refractivity contribution >= 4 is 32.6 Å². The van der Waals surface area contributed by atoms with Gasteiger partial charge in [-0.2, -0.15) is 5.10 Å². The second kappa shape index (κ2) is 13.3. The van der Waals surface area contributed by atoms with Gasteiger partial charge in [-0.15, -0.1) is 0 Å². The number of nitrogens with one attached hydrogen (secondary N) is 1. The van der Waals surface area contributed by atoms with E-state index in [0.717, 1.165) is 27.0 Å². The largest absolute Gasteiger partial charge is 0.439 e. The molecular weight excluding hydrogens is 382 g/mol. The Kier molecular flexibility index (Phi) is 11.0. The minimum absolute atomic E-state index is 0.553. The fraction of sp³-hybridized carbons (Fsp3) is 0.318. The van der Waals surface area contributed by atoms with Crippen LogP contribution in [0.5, 0.6) is 11.6 Å². The first-order valence-corrected chi connectivity index (χ1v) is 10.8. The van der Waals surface area contributed by atoms with E-state index in [2.05, 4.69) is 20.4 Å². The molecule has 0 fully saturated rings. The summed E-state index contributed by atoms with van der Waals surface area (Å²) in [6, 6.07) is 15.2. The van der Waals surface area contributed by atoms with Crippen LogP contribution in [0.3, 0.4) is 0 Å². The van der Waals surface area contributed by atoms with Crippen LogP contribution in [0.15, 0.2) is 54.7 Å². The molecule has 0 unspecified atom stereocenters. The molecule has 1 aromatic carbocycles. The van der Waals surface area contributed by atoms with Crippen molar-refractivity contribution in [3.8, 4) is 11.6 Å². The molecule has 0 atom stereocenters. The predicted molar refractivity (Wildman–Crippen MR) is 124 cm³/mol. The summed E-state index contributed by atoms with van der Waals surface area (Å²) in [5.74, 6) is 2.07. The molecule has 0 radical (unpaired) electrons. The molecule has 4 rings (SSSR count). The van der Waals surface area contributed by atoms with Crippen molar-refractivity contribution in [2.24, 2.45) is 7.05 Å². The lowest BCUT2D eigenvalue weighted by Gasteiger charge is -2.03. The SMILES string of the molecule is CC.CC.CC.Cn1ccc(Nc2nc3ccc(Oc4ccccc4)nc3s2)n1. The Morgan fingerprint density at radius 1 is 0.862 bits per heavy atom. The molecule has 0 saturated carbocycles. The van der Waals surface area contributed by atoms with E-state index in [1.165, 1.54) is 11.3 Å². The molecule has 3 aromatic heterocycles. The van der Waals surface area contributed by atoms with E-state index >= 15 is 0 Å². The fourth-order valence-electron chi connectivity index (χ4n) is 2.11. The number of nitrogens with zero attached hydrogens (tertiary/aromatic N) is 4. The highest BCUT2D eigenvalue weighted by Gasteiger charge is 2.08. The highest BCUT2D eigenvalue weighted by atomic mass is 32.1. The molecule has 0 aliphatic rings. The zero-order valence-electron chi connectivity index (χ0n) is 18.3. The molecule has 0 bridgehead atoms. The molecule has 6 nitrogen and oxygen atoms in total. The Balaban J connectivity index is 0.000000644. The number of anilines is 2. The van der Waals surface area contributed by atoms with E-state index in [0.29, 0.717) is 5.88 Å². The Labute approximate surface area is 177 Å². The van der Waals surface area contributed by atoms with Gasteiger partial charge in [0.15, 0.2) is 10.9 Å². The van der Waals surface area contributed by atoms with Crippen molar-refractivity contribution in [3.05, 3.63) is 54.7 Å². The summed E-state index contributed by atoms with van der Waals surface area (Å²) in [6.45, 7) is 12.0. The monoisotopic (exact) mass is 413 g/mol. The van der Waals surface area contributed by atoms with Crippen molar-refractivity contribution in [1.82, 2.24) is 19.7 Å². The molecule has 3 heterocycles. The molecule has 0 amide bonds. The minimum Gasteiger partial charge on any atom is -0.439 e. The average molecular weight is 414 g/mol. The highest BCUT2D eigenvalue weighted by Crippen LogP contribution is 2.29. The van der Waals surface area contributed by atoms with E-state index in [9.17, 15) is 0 Å². The Morgan fingerprint density at radius 2 is 1.55 bits per heavy atom. The number of hydrogen-bond acceptors (Lipinski definition) is 6. The minimum atomic E-state index is 0.553. The van der Waals surface area contributed by atoms with Gasteiger partial charge in [0.1, 0.15) is 16.1 Å². The lowest BCUT2D eigenvalue weighted by Crippen LogP contribution is -1.92. The Hall–Kier alpha value is -2.93. The fourth-order valence-corrected chi connectivity index (χ4v) is 2.95. The summed E-state index contributed by atoms with van der Waals surface area (Å²) >= 11 is 1.46. The third-order valence-corrected chi connectivity index (χ3v) is 4.02. The zero-order chi connectivity index (χ0) is 21.6. The van der Waals surface area contributed by atoms with Gasteiger partial charge in [-0.25, -0.2) is 9.97 Å². The molecule has 7 heteroatoms. The highest BCUT2D eigenvalue weighted by molar-refractivity contribution is 7.21. The van der Waals surface area contributed by atoms with Crippen LogP contribution in [0.4, 0.5) is 10.9 Å². The zero-order valence-corrected chi connectivity index (χ0v) is 19.1. The van der Waals surface area contributed by atoms with Gasteiger partial charge in [0.2, 0.25) is 5.88 Å². The van der Waals surface area contributed by atoms with Gasteiger partial charge in [0.25, 0.3) is 0 Å². The maximum Gasteiger partial charge on any atom is 0.220 e. The van der Waals surface area contributed by atoms with E-state index < -0.39 is 0 Å². The summed E-state index contributed by atoms with van der Waals surface area (Å²) in [5, 5.41) is 8.21. The van der Waals surface area contributed by atoms with Crippen molar-refractivity contribution in [2.75, 3.05) is 5.32 Å². The normalized spacial score (nSPS) is 9.21. The van der Waals surface area contributed by atoms with E-state index in [1.807, 2.05) is 103 Å². The lowest BCUT2D eigenvalue weighted by atomic mass is 10.3. The van der Waals surface area contributed by atoms with Gasteiger partial charge in [-0.05, 0) is 18.2 Å². The number of pyridine rings is 1. The average Bonchev–Trinajstić information content (AvgIpc) is 3.38. The van der Waals surface area contributed by atoms with Crippen LogP contribution in [0.1, 0.15) is 41.5 Å². The second-order valence-corrected chi connectivity index (χ2v) is 5.89. The van der Waals surface area contributed by atoms with Crippen LogP contribution in [-0.4, -0.2) is 19.7 Å². The molecule has 0 spiro atoms. The molecule has 0 aliphatic carbocycles. The molecule has 0 aliphatic heterocycles. The second-order valence-electron chi connectivity index (χ2n) is 4.91. The third kappa shape index (κ3) is 7.19. The number of para-hydroxylation sites is 1. The molecular formula is C22H31N5OS. The number of ether oxygens (including phenoxy) is 1. The summed E-state index contributed by atoms with van der Waals surface area (Å²) in [4.78, 5) is 9.83. The summed E-state index contributed by atoms with van der Waals surface area (Å²) in [5.41, 5.74) is 0.828. The quantitative estimate of drug-likeness (QED) is 0.389. The van der Waals surface area contributed by atoms with Crippen LogP contribution in [0, 0.1) is 0 Å². The maximum atomic E-state index is 5.75. The van der Waals surface area contributed by atoms with Crippen molar-refractivity contribution in [1.29, 1.82) is 0 Å². The number of aryl methyl sites for hydroxylation is 1. The summed E-state index contributed by atoms with van der Waals surface area (Å²) in [7, 11) is 1.87. The van der Waals surface area contributed by atoms with Gasteiger partial charge in [0, 0.05) is 25.4 Å². The van der Waals surface area contributed by atoms with Crippen LogP contribution < -0.4 is 10.1 Å². The Bertz CT molecular complexity index is 950. The van der Waals surface area contributed by atoms with Gasteiger partial charge >= 0.3 is 0 Å². The van der Waals surface area contributed by atoms with Crippen molar-refractivity contribution in [2.45, 2.75) is 41.5 Å². The summed E-state index contributed by atoms with van der Waals surface area (Å²) in [6.07, 6.45) is 1.87. The first-order valence-electron chi connectivity index (χ1n) is 10.0. The lowest BCUT2D eigenvalue weighted by molar-refractivity contribution is 0.465. The smallest absolute Gasteiger partial charge is 0.220 e. The van der Waals surface area contributed by atoms with Crippen molar-refractivity contribution < 1.29 is 4.74 Å². The predicted octanol–water partition coefficient (Wildman–Crippen LogP) is 7.04.